The van der Waals surface area contributed by atoms with Crippen LogP contribution in [0.2, 0.25) is 0 Å². The molecule has 0 aliphatic carbocycles. The third kappa shape index (κ3) is 3.36. The Balaban J connectivity index is 1.72. The zero-order valence-electron chi connectivity index (χ0n) is 14.6. The summed E-state index contributed by atoms with van der Waals surface area (Å²) >= 11 is 0. The highest BCUT2D eigenvalue weighted by Gasteiger charge is 2.35. The molecule has 0 unspecified atom stereocenters. The number of alkyl halides is 3. The van der Waals surface area contributed by atoms with E-state index in [9.17, 15) is 13.2 Å². The summed E-state index contributed by atoms with van der Waals surface area (Å²) in [6.45, 7) is 0.187. The molecule has 142 valence electrons. The number of hydrogen-bond acceptors (Lipinski definition) is 6. The Morgan fingerprint density at radius 3 is 2.68 bits per heavy atom. The van der Waals surface area contributed by atoms with E-state index in [2.05, 4.69) is 25.0 Å². The second kappa shape index (κ2) is 6.87. The van der Waals surface area contributed by atoms with Gasteiger partial charge in [-0.05, 0) is 18.2 Å². The van der Waals surface area contributed by atoms with Crippen molar-refractivity contribution in [1.29, 1.82) is 0 Å². The molecule has 4 aromatic rings. The molecule has 0 bridgehead atoms. The lowest BCUT2D eigenvalue weighted by atomic mass is 10.1. The average molecular weight is 386 g/mol. The van der Waals surface area contributed by atoms with Gasteiger partial charge in [-0.15, -0.1) is 0 Å². The van der Waals surface area contributed by atoms with Crippen molar-refractivity contribution in [2.45, 2.75) is 12.8 Å². The van der Waals surface area contributed by atoms with Crippen LogP contribution in [-0.4, -0.2) is 29.7 Å². The van der Waals surface area contributed by atoms with Gasteiger partial charge in [0.2, 0.25) is 5.88 Å². The lowest BCUT2D eigenvalue weighted by Crippen LogP contribution is -2.07. The van der Waals surface area contributed by atoms with E-state index in [1.165, 1.54) is 10.9 Å². The summed E-state index contributed by atoms with van der Waals surface area (Å²) in [5, 5.41) is 4.18. The van der Waals surface area contributed by atoms with E-state index in [0.29, 0.717) is 11.3 Å². The van der Waals surface area contributed by atoms with E-state index in [4.69, 9.17) is 4.74 Å². The smallest absolute Gasteiger partial charge is 0.417 e. The Morgan fingerprint density at radius 1 is 1.07 bits per heavy atom. The van der Waals surface area contributed by atoms with Crippen LogP contribution in [0.25, 0.3) is 22.4 Å². The third-order valence-corrected chi connectivity index (χ3v) is 3.99. The maximum Gasteiger partial charge on any atom is 0.417 e. The molecule has 0 N–H and O–H groups in total. The predicted octanol–water partition coefficient (Wildman–Crippen LogP) is 3.42. The van der Waals surface area contributed by atoms with Gasteiger partial charge in [0.15, 0.2) is 5.65 Å². The SMILES string of the molecule is Cn1nc(-c2cnccc2C(F)(F)F)c2ncc(OCc3ccccn3)nc21. The monoisotopic (exact) mass is 386 g/mol. The molecule has 0 radical (unpaired) electrons. The number of aromatic nitrogens is 6. The highest BCUT2D eigenvalue weighted by atomic mass is 19.4. The van der Waals surface area contributed by atoms with Gasteiger partial charge in [-0.1, -0.05) is 6.07 Å². The topological polar surface area (TPSA) is 78.6 Å². The Labute approximate surface area is 156 Å². The van der Waals surface area contributed by atoms with Crippen molar-refractivity contribution in [3.8, 4) is 17.1 Å². The van der Waals surface area contributed by atoms with Gasteiger partial charge < -0.3 is 4.74 Å². The molecule has 0 amide bonds. The number of hydrogen-bond donors (Lipinski definition) is 0. The maximum absolute atomic E-state index is 13.3. The van der Waals surface area contributed by atoms with Crippen LogP contribution in [0.5, 0.6) is 5.88 Å². The van der Waals surface area contributed by atoms with Crippen molar-refractivity contribution >= 4 is 11.2 Å². The van der Waals surface area contributed by atoms with Crippen molar-refractivity contribution in [3.05, 3.63) is 60.3 Å². The molecule has 7 nitrogen and oxygen atoms in total. The van der Waals surface area contributed by atoms with Crippen LogP contribution in [0.1, 0.15) is 11.3 Å². The quantitative estimate of drug-likeness (QED) is 0.535. The van der Waals surface area contributed by atoms with Gasteiger partial charge in [0.05, 0.1) is 17.5 Å². The summed E-state index contributed by atoms with van der Waals surface area (Å²) < 4.78 is 47.0. The molecule has 0 saturated heterocycles. The number of pyridine rings is 2. The Morgan fingerprint density at radius 2 is 1.93 bits per heavy atom. The number of rotatable bonds is 4. The Hall–Kier alpha value is -3.56. The summed E-state index contributed by atoms with van der Waals surface area (Å²) in [5.41, 5.74) is 0.301. The predicted molar refractivity (Wildman–Crippen MR) is 93.1 cm³/mol. The van der Waals surface area contributed by atoms with E-state index < -0.39 is 11.7 Å². The molecule has 4 heterocycles. The number of ether oxygens (including phenoxy) is 1. The minimum Gasteiger partial charge on any atom is -0.470 e. The molecule has 10 heteroatoms. The Kier molecular flexibility index (Phi) is 4.38. The molecular weight excluding hydrogens is 373 g/mol. The van der Waals surface area contributed by atoms with E-state index in [-0.39, 0.29) is 29.3 Å². The zero-order valence-corrected chi connectivity index (χ0v) is 14.6. The molecule has 4 aromatic heterocycles. The van der Waals surface area contributed by atoms with Gasteiger partial charge in [-0.3, -0.25) is 9.97 Å². The molecule has 4 rings (SSSR count). The first-order valence-electron chi connectivity index (χ1n) is 8.17. The molecular formula is C18H13F3N6O. The zero-order chi connectivity index (χ0) is 19.7. The fourth-order valence-corrected chi connectivity index (χ4v) is 2.71. The molecule has 0 atom stereocenters. The van der Waals surface area contributed by atoms with Gasteiger partial charge >= 0.3 is 6.18 Å². The second-order valence-electron chi connectivity index (χ2n) is 5.88. The largest absolute Gasteiger partial charge is 0.470 e. The van der Waals surface area contributed by atoms with E-state index in [1.807, 2.05) is 6.07 Å². The van der Waals surface area contributed by atoms with Crippen LogP contribution in [-0.2, 0) is 19.8 Å². The van der Waals surface area contributed by atoms with Crippen LogP contribution in [0, 0.1) is 0 Å². The molecule has 0 aliphatic rings. The summed E-state index contributed by atoms with van der Waals surface area (Å²) in [4.78, 5) is 16.5. The number of nitrogens with zero attached hydrogens (tertiary/aromatic N) is 6. The van der Waals surface area contributed by atoms with Gasteiger partial charge in [0.25, 0.3) is 0 Å². The molecule has 0 aromatic carbocycles. The summed E-state index contributed by atoms with van der Waals surface area (Å²) in [5.74, 6) is 0.218. The normalized spacial score (nSPS) is 11.7. The maximum atomic E-state index is 13.3. The number of fused-ring (bicyclic) bond motifs is 1. The van der Waals surface area contributed by atoms with Gasteiger partial charge in [0.1, 0.15) is 17.8 Å². The van der Waals surface area contributed by atoms with Crippen molar-refractivity contribution < 1.29 is 17.9 Å². The number of aryl methyl sites for hydroxylation is 1. The van der Waals surface area contributed by atoms with Crippen molar-refractivity contribution in [1.82, 2.24) is 29.7 Å². The first-order valence-corrected chi connectivity index (χ1v) is 8.17. The molecule has 28 heavy (non-hydrogen) atoms. The molecule has 0 spiro atoms. The van der Waals surface area contributed by atoms with Crippen molar-refractivity contribution in [2.24, 2.45) is 7.05 Å². The van der Waals surface area contributed by atoms with Crippen LogP contribution in [0.4, 0.5) is 13.2 Å². The number of halogens is 3. The first kappa shape index (κ1) is 17.8. The minimum absolute atomic E-state index is 0.0571. The third-order valence-electron chi connectivity index (χ3n) is 3.99. The van der Waals surface area contributed by atoms with Crippen LogP contribution in [0.15, 0.2) is 49.1 Å². The van der Waals surface area contributed by atoms with Crippen LogP contribution in [0.3, 0.4) is 0 Å². The van der Waals surface area contributed by atoms with Gasteiger partial charge in [0, 0.05) is 31.2 Å². The summed E-state index contributed by atoms with van der Waals surface area (Å²) in [6, 6.07) is 6.34. The molecule has 0 saturated carbocycles. The fraction of sp³-hybridized carbons (Fsp3) is 0.167. The summed E-state index contributed by atoms with van der Waals surface area (Å²) in [6.07, 6.45) is 0.666. The van der Waals surface area contributed by atoms with E-state index >= 15 is 0 Å². The van der Waals surface area contributed by atoms with Crippen LogP contribution >= 0.6 is 0 Å². The average Bonchev–Trinajstić information content (AvgIpc) is 3.03. The first-order chi connectivity index (χ1) is 13.4. The van der Waals surface area contributed by atoms with E-state index in [0.717, 1.165) is 18.5 Å². The van der Waals surface area contributed by atoms with Crippen LogP contribution < -0.4 is 4.74 Å². The van der Waals surface area contributed by atoms with Gasteiger partial charge in [-0.2, -0.15) is 23.3 Å². The summed E-state index contributed by atoms with van der Waals surface area (Å²) in [7, 11) is 1.58. The lowest BCUT2D eigenvalue weighted by Gasteiger charge is -2.10. The van der Waals surface area contributed by atoms with Crippen molar-refractivity contribution in [2.75, 3.05) is 0 Å². The highest BCUT2D eigenvalue weighted by molar-refractivity contribution is 5.88. The van der Waals surface area contributed by atoms with E-state index in [1.54, 1.807) is 25.4 Å². The highest BCUT2D eigenvalue weighted by Crippen LogP contribution is 2.37. The lowest BCUT2D eigenvalue weighted by molar-refractivity contribution is -0.137. The van der Waals surface area contributed by atoms with Gasteiger partial charge in [-0.25, -0.2) is 9.67 Å². The molecule has 0 aliphatic heterocycles. The minimum atomic E-state index is -4.54. The van der Waals surface area contributed by atoms with Crippen molar-refractivity contribution in [3.63, 3.8) is 0 Å². The molecule has 0 fully saturated rings. The standard InChI is InChI=1S/C18H13F3N6O/c1-27-17-16(15(26-27)12-8-22-7-5-13(12)18(19,20)21)24-9-14(25-17)28-10-11-4-2-3-6-23-11/h2-9H,10H2,1H3. The Bertz CT molecular complexity index is 1130. The second-order valence-corrected chi connectivity index (χ2v) is 5.88. The fourth-order valence-electron chi connectivity index (χ4n) is 2.71.